The number of pyridine rings is 1. The fourth-order valence-corrected chi connectivity index (χ4v) is 3.14. The molecule has 1 aliphatic heterocycles. The number of aryl methyl sites for hydroxylation is 1. The quantitative estimate of drug-likeness (QED) is 0.864. The van der Waals surface area contributed by atoms with Crippen LogP contribution in [0.1, 0.15) is 49.9 Å². The maximum atomic E-state index is 4.77. The third-order valence-electron chi connectivity index (χ3n) is 4.68. The first-order valence-electron chi connectivity index (χ1n) is 8.80. The number of nitrogens with zero attached hydrogens (tertiary/aromatic N) is 5. The molecule has 128 valence electrons. The van der Waals surface area contributed by atoms with Crippen molar-refractivity contribution in [1.82, 2.24) is 19.9 Å². The lowest BCUT2D eigenvalue weighted by Crippen LogP contribution is -2.47. The molecule has 5 heteroatoms. The molecule has 1 aliphatic rings. The van der Waals surface area contributed by atoms with Crippen LogP contribution in [0.4, 0.5) is 5.82 Å². The van der Waals surface area contributed by atoms with Crippen molar-refractivity contribution in [3.8, 4) is 0 Å². The summed E-state index contributed by atoms with van der Waals surface area (Å²) in [5, 5.41) is 0. The van der Waals surface area contributed by atoms with E-state index in [2.05, 4.69) is 65.7 Å². The molecule has 5 nitrogen and oxygen atoms in total. The second-order valence-electron chi connectivity index (χ2n) is 6.83. The largest absolute Gasteiger partial charge is 0.354 e. The van der Waals surface area contributed by atoms with Crippen molar-refractivity contribution in [2.45, 2.75) is 39.7 Å². The lowest BCUT2D eigenvalue weighted by atomic mass is 10.1. The highest BCUT2D eigenvalue weighted by atomic mass is 15.3. The SMILES string of the molecule is Cc1cc(N2CCN(C(C)c3ccccn3)CC2)nc(C(C)C)n1. The Morgan fingerprint density at radius 2 is 1.75 bits per heavy atom. The van der Waals surface area contributed by atoms with Gasteiger partial charge in [-0.05, 0) is 26.0 Å². The Hall–Kier alpha value is -2.01. The van der Waals surface area contributed by atoms with Gasteiger partial charge in [0.1, 0.15) is 11.6 Å². The standard InChI is InChI=1S/C19H27N5/c1-14(2)19-21-15(3)13-18(22-19)24-11-9-23(10-12-24)16(4)17-7-5-6-8-20-17/h5-8,13-14,16H,9-12H2,1-4H3. The smallest absolute Gasteiger partial charge is 0.133 e. The second kappa shape index (κ2) is 7.26. The molecule has 2 aromatic heterocycles. The first-order valence-corrected chi connectivity index (χ1v) is 8.80. The molecule has 0 aliphatic carbocycles. The van der Waals surface area contributed by atoms with Crippen molar-refractivity contribution in [3.63, 3.8) is 0 Å². The summed E-state index contributed by atoms with van der Waals surface area (Å²) in [5.41, 5.74) is 2.19. The monoisotopic (exact) mass is 325 g/mol. The lowest BCUT2D eigenvalue weighted by molar-refractivity contribution is 0.195. The maximum absolute atomic E-state index is 4.77. The summed E-state index contributed by atoms with van der Waals surface area (Å²) in [4.78, 5) is 18.7. The van der Waals surface area contributed by atoms with E-state index in [-0.39, 0.29) is 0 Å². The van der Waals surface area contributed by atoms with Crippen LogP contribution in [0.25, 0.3) is 0 Å². The summed E-state index contributed by atoms with van der Waals surface area (Å²) in [6, 6.07) is 8.60. The zero-order valence-electron chi connectivity index (χ0n) is 15.1. The van der Waals surface area contributed by atoms with E-state index in [1.807, 2.05) is 12.3 Å². The van der Waals surface area contributed by atoms with Crippen molar-refractivity contribution < 1.29 is 0 Å². The summed E-state index contributed by atoms with van der Waals surface area (Å²) in [7, 11) is 0. The van der Waals surface area contributed by atoms with Crippen molar-refractivity contribution >= 4 is 5.82 Å². The summed E-state index contributed by atoms with van der Waals surface area (Å²) in [5.74, 6) is 2.36. The van der Waals surface area contributed by atoms with Gasteiger partial charge in [-0.25, -0.2) is 9.97 Å². The van der Waals surface area contributed by atoms with Crippen LogP contribution < -0.4 is 4.90 Å². The number of anilines is 1. The Morgan fingerprint density at radius 3 is 2.38 bits per heavy atom. The first-order chi connectivity index (χ1) is 11.5. The number of rotatable bonds is 4. The Balaban J connectivity index is 1.67. The summed E-state index contributed by atoms with van der Waals surface area (Å²) >= 11 is 0. The van der Waals surface area contributed by atoms with Crippen LogP contribution in [0.2, 0.25) is 0 Å². The van der Waals surface area contributed by atoms with E-state index in [9.17, 15) is 0 Å². The average Bonchev–Trinajstić information content (AvgIpc) is 2.61. The van der Waals surface area contributed by atoms with Crippen LogP contribution in [-0.2, 0) is 0 Å². The topological polar surface area (TPSA) is 45.2 Å². The third kappa shape index (κ3) is 3.73. The van der Waals surface area contributed by atoms with Gasteiger partial charge in [0.15, 0.2) is 0 Å². The molecule has 0 bridgehead atoms. The van der Waals surface area contributed by atoms with Crippen LogP contribution in [0.3, 0.4) is 0 Å². The van der Waals surface area contributed by atoms with Gasteiger partial charge in [0.05, 0.1) is 5.69 Å². The third-order valence-corrected chi connectivity index (χ3v) is 4.68. The minimum atomic E-state index is 0.353. The van der Waals surface area contributed by atoms with Gasteiger partial charge in [-0.1, -0.05) is 19.9 Å². The Labute approximate surface area is 144 Å². The molecule has 0 N–H and O–H groups in total. The van der Waals surface area contributed by atoms with E-state index >= 15 is 0 Å². The highest BCUT2D eigenvalue weighted by molar-refractivity contribution is 5.40. The van der Waals surface area contributed by atoms with Gasteiger partial charge in [-0.2, -0.15) is 0 Å². The molecule has 0 aromatic carbocycles. The van der Waals surface area contributed by atoms with Crippen LogP contribution >= 0.6 is 0 Å². The van der Waals surface area contributed by atoms with Gasteiger partial charge < -0.3 is 4.90 Å². The Kier molecular flexibility index (Phi) is 5.09. The van der Waals surface area contributed by atoms with E-state index in [0.717, 1.165) is 49.2 Å². The first kappa shape index (κ1) is 16.8. The summed E-state index contributed by atoms with van der Waals surface area (Å²) in [6.07, 6.45) is 1.87. The van der Waals surface area contributed by atoms with Crippen LogP contribution in [0.15, 0.2) is 30.5 Å². The minimum Gasteiger partial charge on any atom is -0.354 e. The predicted octanol–water partition coefficient (Wildman–Crippen LogP) is 3.19. The van der Waals surface area contributed by atoms with E-state index < -0.39 is 0 Å². The van der Waals surface area contributed by atoms with Crippen molar-refractivity contribution in [2.24, 2.45) is 0 Å². The number of hydrogen-bond acceptors (Lipinski definition) is 5. The average molecular weight is 325 g/mol. The maximum Gasteiger partial charge on any atom is 0.133 e. The predicted molar refractivity (Wildman–Crippen MR) is 97.3 cm³/mol. The molecule has 0 saturated carbocycles. The van der Waals surface area contributed by atoms with Crippen molar-refractivity contribution in [3.05, 3.63) is 47.7 Å². The molecule has 1 unspecified atom stereocenters. The van der Waals surface area contributed by atoms with Gasteiger partial charge >= 0.3 is 0 Å². The molecular weight excluding hydrogens is 298 g/mol. The van der Waals surface area contributed by atoms with Crippen LogP contribution in [-0.4, -0.2) is 46.0 Å². The Morgan fingerprint density at radius 1 is 1.00 bits per heavy atom. The summed E-state index contributed by atoms with van der Waals surface area (Å²) < 4.78 is 0. The van der Waals surface area contributed by atoms with Gasteiger partial charge in [0.2, 0.25) is 0 Å². The normalized spacial score (nSPS) is 17.3. The van der Waals surface area contributed by atoms with Gasteiger partial charge in [-0.15, -0.1) is 0 Å². The van der Waals surface area contributed by atoms with Crippen molar-refractivity contribution in [2.75, 3.05) is 31.1 Å². The molecule has 1 saturated heterocycles. The summed E-state index contributed by atoms with van der Waals surface area (Å²) in [6.45, 7) is 12.6. The van der Waals surface area contributed by atoms with Gasteiger partial charge in [0, 0.05) is 56.1 Å². The second-order valence-corrected chi connectivity index (χ2v) is 6.83. The van der Waals surface area contributed by atoms with Gasteiger partial charge in [0.25, 0.3) is 0 Å². The molecule has 24 heavy (non-hydrogen) atoms. The Bertz CT molecular complexity index is 663. The fourth-order valence-electron chi connectivity index (χ4n) is 3.14. The number of piperazine rings is 1. The molecule has 3 rings (SSSR count). The molecule has 1 fully saturated rings. The molecule has 3 heterocycles. The molecule has 0 amide bonds. The molecular formula is C19H27N5. The van der Waals surface area contributed by atoms with Crippen LogP contribution in [0.5, 0.6) is 0 Å². The number of aromatic nitrogens is 3. The molecule has 2 aromatic rings. The minimum absolute atomic E-state index is 0.353. The van der Waals surface area contributed by atoms with Crippen LogP contribution in [0, 0.1) is 6.92 Å². The van der Waals surface area contributed by atoms with E-state index in [0.29, 0.717) is 12.0 Å². The molecule has 0 spiro atoms. The zero-order valence-corrected chi connectivity index (χ0v) is 15.1. The molecule has 0 radical (unpaired) electrons. The highest BCUT2D eigenvalue weighted by Gasteiger charge is 2.24. The van der Waals surface area contributed by atoms with Crippen molar-refractivity contribution in [1.29, 1.82) is 0 Å². The highest BCUT2D eigenvalue weighted by Crippen LogP contribution is 2.23. The molecule has 1 atom stereocenters. The van der Waals surface area contributed by atoms with E-state index in [1.165, 1.54) is 0 Å². The number of hydrogen-bond donors (Lipinski definition) is 0. The lowest BCUT2D eigenvalue weighted by Gasteiger charge is -2.38. The zero-order chi connectivity index (χ0) is 17.1. The fraction of sp³-hybridized carbons (Fsp3) is 0.526. The van der Waals surface area contributed by atoms with E-state index in [1.54, 1.807) is 0 Å². The van der Waals surface area contributed by atoms with Gasteiger partial charge in [-0.3, -0.25) is 9.88 Å². The van der Waals surface area contributed by atoms with E-state index in [4.69, 9.17) is 4.98 Å².